The van der Waals surface area contributed by atoms with Gasteiger partial charge in [0.2, 0.25) is 0 Å². The van der Waals surface area contributed by atoms with Crippen molar-refractivity contribution in [1.82, 2.24) is 4.98 Å². The number of thiazole rings is 1. The Kier molecular flexibility index (Phi) is 5.10. The Bertz CT molecular complexity index is 1380. The summed E-state index contributed by atoms with van der Waals surface area (Å²) in [6, 6.07) is 27.8. The number of ether oxygens (including phenoxy) is 1. The molecule has 0 spiro atoms. The second-order valence-corrected chi connectivity index (χ2v) is 8.41. The van der Waals surface area contributed by atoms with E-state index < -0.39 is 0 Å². The Balaban J connectivity index is 1.25. The highest BCUT2D eigenvalue weighted by Gasteiger charge is 2.09. The summed E-state index contributed by atoms with van der Waals surface area (Å²) in [5.74, 6) is 0.505. The van der Waals surface area contributed by atoms with Gasteiger partial charge in [0.05, 0.1) is 10.2 Å². The van der Waals surface area contributed by atoms with Gasteiger partial charge in [-0.2, -0.15) is 0 Å². The first-order valence-corrected chi connectivity index (χ1v) is 10.9. The molecule has 0 saturated carbocycles. The third kappa shape index (κ3) is 4.13. The van der Waals surface area contributed by atoms with Gasteiger partial charge in [-0.25, -0.2) is 4.98 Å². The van der Waals surface area contributed by atoms with E-state index in [9.17, 15) is 4.79 Å². The van der Waals surface area contributed by atoms with Crippen LogP contribution in [0.3, 0.4) is 0 Å². The summed E-state index contributed by atoms with van der Waals surface area (Å²) < 4.78 is 6.95. The lowest BCUT2D eigenvalue weighted by atomic mass is 10.1. The normalized spacial score (nSPS) is 11.0. The molecular weight excluding hydrogens is 404 g/mol. The fourth-order valence-electron chi connectivity index (χ4n) is 3.51. The highest BCUT2D eigenvalue weighted by Crippen LogP contribution is 2.31. The van der Waals surface area contributed by atoms with E-state index >= 15 is 0 Å². The van der Waals surface area contributed by atoms with Gasteiger partial charge in [0.25, 0.3) is 5.91 Å². The number of hydrogen-bond acceptors (Lipinski definition) is 4. The number of nitrogens with zero attached hydrogens (tertiary/aromatic N) is 1. The van der Waals surface area contributed by atoms with E-state index in [2.05, 4.69) is 30.4 Å². The lowest BCUT2D eigenvalue weighted by Gasteiger charge is -2.10. The Hall–Kier alpha value is -3.70. The number of aryl methyl sites for hydroxylation is 1. The molecule has 4 nitrogen and oxygen atoms in total. The molecule has 1 aromatic heterocycles. The van der Waals surface area contributed by atoms with Gasteiger partial charge in [-0.15, -0.1) is 11.3 Å². The number of carbonyl (C=O) groups is 1. The zero-order chi connectivity index (χ0) is 21.2. The number of nitrogens with one attached hydrogen (secondary N) is 1. The van der Waals surface area contributed by atoms with E-state index in [1.165, 1.54) is 10.3 Å². The van der Waals surface area contributed by atoms with Crippen molar-refractivity contribution in [3.8, 4) is 16.3 Å². The minimum atomic E-state index is -0.198. The Labute approximate surface area is 184 Å². The van der Waals surface area contributed by atoms with Crippen molar-refractivity contribution in [1.29, 1.82) is 0 Å². The molecule has 4 aromatic carbocycles. The predicted octanol–water partition coefficient (Wildman–Crippen LogP) is 6.44. The molecule has 5 rings (SSSR count). The van der Waals surface area contributed by atoms with Crippen LogP contribution in [-0.2, 0) is 4.79 Å². The largest absolute Gasteiger partial charge is 0.483 e. The fourth-order valence-corrected chi connectivity index (χ4v) is 4.58. The summed E-state index contributed by atoms with van der Waals surface area (Å²) in [5.41, 5.74) is 4.00. The van der Waals surface area contributed by atoms with E-state index in [1.54, 1.807) is 11.3 Å². The lowest BCUT2D eigenvalue weighted by Crippen LogP contribution is -2.20. The maximum atomic E-state index is 12.4. The third-order valence-electron chi connectivity index (χ3n) is 5.07. The highest BCUT2D eigenvalue weighted by atomic mass is 32.1. The van der Waals surface area contributed by atoms with Crippen LogP contribution < -0.4 is 10.1 Å². The Morgan fingerprint density at radius 3 is 2.65 bits per heavy atom. The summed E-state index contributed by atoms with van der Waals surface area (Å²) >= 11 is 1.67. The molecule has 0 atom stereocenters. The number of hydrogen-bond donors (Lipinski definition) is 1. The molecule has 0 saturated heterocycles. The minimum absolute atomic E-state index is 0.0486. The van der Waals surface area contributed by atoms with E-state index in [4.69, 9.17) is 9.72 Å². The van der Waals surface area contributed by atoms with Gasteiger partial charge in [0.1, 0.15) is 10.8 Å². The molecule has 31 heavy (non-hydrogen) atoms. The van der Waals surface area contributed by atoms with Crippen molar-refractivity contribution in [2.45, 2.75) is 6.92 Å². The number of amides is 1. The van der Waals surface area contributed by atoms with E-state index in [-0.39, 0.29) is 12.5 Å². The minimum Gasteiger partial charge on any atom is -0.483 e. The number of rotatable bonds is 5. The molecule has 0 aliphatic rings. The van der Waals surface area contributed by atoms with Crippen molar-refractivity contribution >= 4 is 43.9 Å². The van der Waals surface area contributed by atoms with Gasteiger partial charge >= 0.3 is 0 Å². The molecule has 0 unspecified atom stereocenters. The third-order valence-corrected chi connectivity index (χ3v) is 6.14. The molecule has 1 N–H and O–H groups in total. The number of benzene rings is 4. The van der Waals surface area contributed by atoms with Crippen LogP contribution in [0.25, 0.3) is 31.6 Å². The van der Waals surface area contributed by atoms with Crippen LogP contribution in [-0.4, -0.2) is 17.5 Å². The molecule has 5 aromatic rings. The van der Waals surface area contributed by atoms with Gasteiger partial charge in [-0.05, 0) is 60.3 Å². The van der Waals surface area contributed by atoms with Crippen LogP contribution in [0.15, 0.2) is 84.9 Å². The van der Waals surface area contributed by atoms with Crippen LogP contribution >= 0.6 is 11.3 Å². The van der Waals surface area contributed by atoms with Crippen LogP contribution in [0.5, 0.6) is 5.75 Å². The van der Waals surface area contributed by atoms with Gasteiger partial charge in [0.15, 0.2) is 6.61 Å². The number of fused-ring (bicyclic) bond motifs is 2. The van der Waals surface area contributed by atoms with E-state index in [1.807, 2.05) is 66.7 Å². The highest BCUT2D eigenvalue weighted by molar-refractivity contribution is 7.21. The zero-order valence-corrected chi connectivity index (χ0v) is 17.8. The number of aromatic nitrogens is 1. The first-order valence-electron chi connectivity index (χ1n) is 10.0. The fraction of sp³-hybridized carbons (Fsp3) is 0.0769. The summed E-state index contributed by atoms with van der Waals surface area (Å²) in [6.45, 7) is 2.03. The predicted molar refractivity (Wildman–Crippen MR) is 128 cm³/mol. The molecule has 5 heteroatoms. The van der Waals surface area contributed by atoms with Crippen LogP contribution in [0.4, 0.5) is 5.69 Å². The van der Waals surface area contributed by atoms with Crippen molar-refractivity contribution in [3.05, 3.63) is 90.5 Å². The Morgan fingerprint density at radius 1 is 0.968 bits per heavy atom. The smallest absolute Gasteiger partial charge is 0.262 e. The average molecular weight is 425 g/mol. The molecule has 0 fully saturated rings. The second-order valence-electron chi connectivity index (χ2n) is 7.38. The van der Waals surface area contributed by atoms with Crippen LogP contribution in [0, 0.1) is 6.92 Å². The molecule has 0 bridgehead atoms. The molecule has 1 amide bonds. The molecule has 0 aliphatic heterocycles. The molecule has 0 radical (unpaired) electrons. The summed E-state index contributed by atoms with van der Waals surface area (Å²) in [6.07, 6.45) is 0. The van der Waals surface area contributed by atoms with Crippen molar-refractivity contribution in [3.63, 3.8) is 0 Å². The second kappa shape index (κ2) is 8.20. The Morgan fingerprint density at radius 2 is 1.77 bits per heavy atom. The topological polar surface area (TPSA) is 51.2 Å². The monoisotopic (exact) mass is 424 g/mol. The van der Waals surface area contributed by atoms with Crippen LogP contribution in [0.1, 0.15) is 5.56 Å². The first-order chi connectivity index (χ1) is 15.2. The van der Waals surface area contributed by atoms with E-state index in [0.29, 0.717) is 5.75 Å². The average Bonchev–Trinajstić information content (AvgIpc) is 3.21. The standard InChI is InChI=1S/C26H20N2O2S/c1-17-9-14-22-24(15-17)31-26(28-22)19-10-12-20(13-11-19)27-25(29)16-30-23-8-4-6-18-5-2-3-7-21(18)23/h2-15H,16H2,1H3,(H,27,29). The number of anilines is 1. The molecule has 1 heterocycles. The molecular formula is C26H20N2O2S. The zero-order valence-electron chi connectivity index (χ0n) is 17.0. The summed E-state index contributed by atoms with van der Waals surface area (Å²) in [7, 11) is 0. The van der Waals surface area contributed by atoms with Gasteiger partial charge in [0, 0.05) is 16.6 Å². The quantitative estimate of drug-likeness (QED) is 0.353. The summed E-state index contributed by atoms with van der Waals surface area (Å²) in [5, 5.41) is 5.94. The molecule has 0 aliphatic carbocycles. The van der Waals surface area contributed by atoms with Crippen molar-refractivity contribution in [2.75, 3.05) is 11.9 Å². The van der Waals surface area contributed by atoms with Crippen LogP contribution in [0.2, 0.25) is 0 Å². The first kappa shape index (κ1) is 19.3. The van der Waals surface area contributed by atoms with Crippen molar-refractivity contribution < 1.29 is 9.53 Å². The van der Waals surface area contributed by atoms with E-state index in [0.717, 1.165) is 32.5 Å². The summed E-state index contributed by atoms with van der Waals surface area (Å²) in [4.78, 5) is 17.1. The maximum Gasteiger partial charge on any atom is 0.262 e. The SMILES string of the molecule is Cc1ccc2nc(-c3ccc(NC(=O)COc4cccc5ccccc45)cc3)sc2c1. The molecule has 152 valence electrons. The van der Waals surface area contributed by atoms with Gasteiger partial charge in [-0.3, -0.25) is 4.79 Å². The van der Waals surface area contributed by atoms with Crippen molar-refractivity contribution in [2.24, 2.45) is 0 Å². The number of carbonyl (C=O) groups excluding carboxylic acids is 1. The maximum absolute atomic E-state index is 12.4. The lowest BCUT2D eigenvalue weighted by molar-refractivity contribution is -0.118. The van der Waals surface area contributed by atoms with Gasteiger partial charge < -0.3 is 10.1 Å². The van der Waals surface area contributed by atoms with Gasteiger partial charge in [-0.1, -0.05) is 42.5 Å².